The Labute approximate surface area is 270 Å². The Kier molecular flexibility index (Phi) is 9.90. The van der Waals surface area contributed by atoms with Crippen LogP contribution < -0.4 is 14.8 Å². The summed E-state index contributed by atoms with van der Waals surface area (Å²) < 4.78 is 16.7. The highest BCUT2D eigenvalue weighted by Crippen LogP contribution is 2.38. The molecule has 2 heterocycles. The van der Waals surface area contributed by atoms with E-state index in [4.69, 9.17) is 42.4 Å². The SMILES string of the molecule is CC(OC(=O)c1c2c(nc3ccccc13)C(=Cc1ccc3c(c1)OCO3)CCC2)C(=O)Nc1ccc(Cl)cc1Cl.CN(C)C=O. The van der Waals surface area contributed by atoms with Crippen molar-refractivity contribution in [3.05, 3.63) is 93.1 Å². The number of ether oxygens (including phenoxy) is 3. The molecule has 2 amide bonds. The van der Waals surface area contributed by atoms with Crippen LogP contribution in [0.15, 0.2) is 60.7 Å². The molecule has 1 aromatic heterocycles. The smallest absolute Gasteiger partial charge is 0.339 e. The van der Waals surface area contributed by atoms with Gasteiger partial charge in [0.15, 0.2) is 17.6 Å². The number of hydrogen-bond acceptors (Lipinski definition) is 7. The Morgan fingerprint density at radius 1 is 1.02 bits per heavy atom. The first kappa shape index (κ1) is 31.8. The fourth-order valence-corrected chi connectivity index (χ4v) is 5.47. The summed E-state index contributed by atoms with van der Waals surface area (Å²) in [6.45, 7) is 1.73. The number of carbonyl (C=O) groups is 3. The summed E-state index contributed by atoms with van der Waals surface area (Å²) in [5.41, 5.74) is 5.04. The van der Waals surface area contributed by atoms with Gasteiger partial charge in [-0.1, -0.05) is 47.5 Å². The standard InChI is InChI=1S/C31H24Cl2N2O5.C3H7NO/c1-17(30(36)35-25-11-10-20(32)15-23(25)33)40-31(37)28-21-6-2-3-8-24(21)34-29-19(5-4-7-22(28)29)13-18-9-12-26-27(14-18)39-16-38-26;1-4(2)3-5/h2-3,6,8-15,17H,4-5,7,16H2,1H3,(H,35,36);3H,1-2H3. The largest absolute Gasteiger partial charge is 0.454 e. The van der Waals surface area contributed by atoms with Crippen LogP contribution in [0.2, 0.25) is 10.0 Å². The van der Waals surface area contributed by atoms with Gasteiger partial charge < -0.3 is 24.4 Å². The zero-order valence-electron chi connectivity index (χ0n) is 24.9. The number of pyridine rings is 1. The van der Waals surface area contributed by atoms with Crippen molar-refractivity contribution in [2.24, 2.45) is 0 Å². The van der Waals surface area contributed by atoms with Gasteiger partial charge in [0, 0.05) is 24.5 Å². The van der Waals surface area contributed by atoms with Crippen LogP contribution >= 0.6 is 23.2 Å². The first-order valence-electron chi connectivity index (χ1n) is 14.3. The van der Waals surface area contributed by atoms with Gasteiger partial charge in [0.1, 0.15) is 0 Å². The van der Waals surface area contributed by atoms with Gasteiger partial charge in [0.25, 0.3) is 5.91 Å². The van der Waals surface area contributed by atoms with E-state index in [9.17, 15) is 14.4 Å². The molecule has 0 bridgehead atoms. The number of nitrogens with zero attached hydrogens (tertiary/aromatic N) is 2. The van der Waals surface area contributed by atoms with E-state index in [2.05, 4.69) is 11.4 Å². The van der Waals surface area contributed by atoms with E-state index in [0.717, 1.165) is 47.4 Å². The molecule has 0 radical (unpaired) electrons. The van der Waals surface area contributed by atoms with Crippen molar-refractivity contribution in [2.45, 2.75) is 32.3 Å². The molecule has 11 heteroatoms. The van der Waals surface area contributed by atoms with Gasteiger partial charge in [-0.15, -0.1) is 0 Å². The third-order valence-corrected chi connectivity index (χ3v) is 7.71. The summed E-state index contributed by atoms with van der Waals surface area (Å²) in [6, 6.07) is 18.0. The van der Waals surface area contributed by atoms with Crippen molar-refractivity contribution < 1.29 is 28.6 Å². The monoisotopic (exact) mass is 647 g/mol. The normalized spacial score (nSPS) is 14.6. The van der Waals surface area contributed by atoms with E-state index in [-0.39, 0.29) is 11.8 Å². The Balaban J connectivity index is 0.000000743. The van der Waals surface area contributed by atoms with E-state index >= 15 is 0 Å². The summed E-state index contributed by atoms with van der Waals surface area (Å²) in [5, 5.41) is 4.12. The lowest BCUT2D eigenvalue weighted by molar-refractivity contribution is -0.123. The topological polar surface area (TPSA) is 107 Å². The second kappa shape index (κ2) is 14.0. The molecule has 232 valence electrons. The van der Waals surface area contributed by atoms with E-state index in [1.807, 2.05) is 42.5 Å². The van der Waals surface area contributed by atoms with Crippen LogP contribution in [0.5, 0.6) is 11.5 Å². The Morgan fingerprint density at radius 2 is 1.78 bits per heavy atom. The zero-order valence-corrected chi connectivity index (χ0v) is 26.4. The minimum atomic E-state index is -1.07. The van der Waals surface area contributed by atoms with E-state index in [1.165, 1.54) is 17.9 Å². The molecule has 1 atom stereocenters. The first-order valence-corrected chi connectivity index (χ1v) is 15.0. The van der Waals surface area contributed by atoms with Crippen LogP contribution in [-0.2, 0) is 20.7 Å². The van der Waals surface area contributed by atoms with Gasteiger partial charge in [0.05, 0.1) is 27.5 Å². The molecule has 0 spiro atoms. The molecule has 1 N–H and O–H groups in total. The molecule has 9 nitrogen and oxygen atoms in total. The summed E-state index contributed by atoms with van der Waals surface area (Å²) >= 11 is 12.1. The number of benzene rings is 3. The number of rotatable bonds is 6. The third-order valence-electron chi connectivity index (χ3n) is 7.16. The van der Waals surface area contributed by atoms with Gasteiger partial charge in [-0.3, -0.25) is 9.59 Å². The zero-order chi connectivity index (χ0) is 32.1. The molecule has 0 fully saturated rings. The van der Waals surface area contributed by atoms with Crippen LogP contribution in [-0.4, -0.2) is 55.2 Å². The lowest BCUT2D eigenvalue weighted by Crippen LogP contribution is -2.30. The molecule has 1 aliphatic heterocycles. The maximum atomic E-state index is 13.7. The minimum Gasteiger partial charge on any atom is -0.454 e. The van der Waals surface area contributed by atoms with Crippen LogP contribution in [0.25, 0.3) is 22.6 Å². The lowest BCUT2D eigenvalue weighted by atomic mass is 9.86. The number of hydrogen-bond donors (Lipinski definition) is 1. The Morgan fingerprint density at radius 3 is 2.53 bits per heavy atom. The molecule has 4 aromatic rings. The van der Waals surface area contributed by atoms with Crippen molar-refractivity contribution in [2.75, 3.05) is 26.2 Å². The van der Waals surface area contributed by atoms with Crippen molar-refractivity contribution >= 4 is 69.7 Å². The quantitative estimate of drug-likeness (QED) is 0.177. The number of para-hydroxylation sites is 1. The summed E-state index contributed by atoms with van der Waals surface area (Å²) in [4.78, 5) is 42.4. The highest BCUT2D eigenvalue weighted by atomic mass is 35.5. The van der Waals surface area contributed by atoms with E-state index in [1.54, 1.807) is 26.2 Å². The molecule has 1 aliphatic carbocycles. The number of amides is 2. The fraction of sp³-hybridized carbons (Fsp3) is 0.235. The number of fused-ring (bicyclic) bond motifs is 3. The molecule has 6 rings (SSSR count). The number of carbonyl (C=O) groups excluding carboxylic acids is 3. The number of halogens is 2. The van der Waals surface area contributed by atoms with Gasteiger partial charge in [-0.2, -0.15) is 0 Å². The molecular formula is C34H31Cl2N3O6. The molecule has 0 saturated carbocycles. The number of nitrogens with one attached hydrogen (secondary N) is 1. The molecule has 3 aromatic carbocycles. The summed E-state index contributed by atoms with van der Waals surface area (Å²) in [6.07, 6.45) is 4.06. The second-order valence-electron chi connectivity index (χ2n) is 10.7. The average molecular weight is 649 g/mol. The Hall–Kier alpha value is -4.60. The van der Waals surface area contributed by atoms with Crippen molar-refractivity contribution in [3.63, 3.8) is 0 Å². The fourth-order valence-electron chi connectivity index (χ4n) is 5.01. The number of aromatic nitrogens is 1. The summed E-state index contributed by atoms with van der Waals surface area (Å²) in [5.74, 6) is 0.335. The molecule has 45 heavy (non-hydrogen) atoms. The van der Waals surface area contributed by atoms with Crippen LogP contribution in [0.4, 0.5) is 5.69 Å². The second-order valence-corrected chi connectivity index (χ2v) is 11.5. The average Bonchev–Trinajstić information content (AvgIpc) is 3.49. The first-order chi connectivity index (χ1) is 21.6. The van der Waals surface area contributed by atoms with Crippen molar-refractivity contribution in [3.8, 4) is 11.5 Å². The maximum absolute atomic E-state index is 13.7. The molecule has 0 saturated heterocycles. The summed E-state index contributed by atoms with van der Waals surface area (Å²) in [7, 11) is 3.38. The maximum Gasteiger partial charge on any atom is 0.339 e. The predicted octanol–water partition coefficient (Wildman–Crippen LogP) is 7.04. The Bertz CT molecular complexity index is 1810. The lowest BCUT2D eigenvalue weighted by Gasteiger charge is -2.23. The van der Waals surface area contributed by atoms with E-state index in [0.29, 0.717) is 39.3 Å². The minimum absolute atomic E-state index is 0.209. The van der Waals surface area contributed by atoms with Crippen LogP contribution in [0.3, 0.4) is 0 Å². The van der Waals surface area contributed by atoms with Gasteiger partial charge in [0.2, 0.25) is 13.2 Å². The number of esters is 1. The molecule has 2 aliphatic rings. The highest BCUT2D eigenvalue weighted by molar-refractivity contribution is 6.36. The van der Waals surface area contributed by atoms with Crippen molar-refractivity contribution in [1.82, 2.24) is 9.88 Å². The van der Waals surface area contributed by atoms with Crippen LogP contribution in [0.1, 0.15) is 46.9 Å². The van der Waals surface area contributed by atoms with Crippen molar-refractivity contribution in [1.29, 1.82) is 0 Å². The molecular weight excluding hydrogens is 617 g/mol. The van der Waals surface area contributed by atoms with Crippen LogP contribution in [0, 0.1) is 0 Å². The van der Waals surface area contributed by atoms with E-state index < -0.39 is 18.0 Å². The van der Waals surface area contributed by atoms with Gasteiger partial charge in [-0.05, 0) is 85.4 Å². The number of anilines is 1. The van der Waals surface area contributed by atoms with Gasteiger partial charge >= 0.3 is 5.97 Å². The van der Waals surface area contributed by atoms with Gasteiger partial charge in [-0.25, -0.2) is 9.78 Å². The molecule has 1 unspecified atom stereocenters. The third kappa shape index (κ3) is 7.38. The number of allylic oxidation sites excluding steroid dienone is 1. The predicted molar refractivity (Wildman–Crippen MR) is 175 cm³/mol. The highest BCUT2D eigenvalue weighted by Gasteiger charge is 2.28.